The van der Waals surface area contributed by atoms with Gasteiger partial charge in [-0.15, -0.1) is 0 Å². The van der Waals surface area contributed by atoms with Gasteiger partial charge in [0, 0.05) is 19.1 Å². The van der Waals surface area contributed by atoms with Crippen molar-refractivity contribution in [2.24, 2.45) is 5.92 Å². The van der Waals surface area contributed by atoms with Crippen LogP contribution in [0.25, 0.3) is 0 Å². The minimum absolute atomic E-state index is 0.288. The van der Waals surface area contributed by atoms with Crippen molar-refractivity contribution in [3.05, 3.63) is 0 Å². The van der Waals surface area contributed by atoms with Crippen molar-refractivity contribution in [2.45, 2.75) is 52.2 Å². The summed E-state index contributed by atoms with van der Waals surface area (Å²) in [5.41, 5.74) is 0. The first kappa shape index (κ1) is 13.8. The number of rotatable bonds is 5. The molecule has 104 valence electrons. The molecule has 4 nitrogen and oxygen atoms in total. The third-order valence-corrected chi connectivity index (χ3v) is 4.25. The Morgan fingerprint density at radius 1 is 1.44 bits per heavy atom. The smallest absolute Gasteiger partial charge is 0.237 e. The summed E-state index contributed by atoms with van der Waals surface area (Å²) in [7, 11) is 0. The van der Waals surface area contributed by atoms with Gasteiger partial charge in [-0.05, 0) is 39.2 Å². The number of amides is 1. The topological polar surface area (TPSA) is 35.6 Å². The van der Waals surface area contributed by atoms with E-state index in [0.717, 1.165) is 25.9 Å². The summed E-state index contributed by atoms with van der Waals surface area (Å²) in [5, 5.41) is 3.33. The highest BCUT2D eigenvalue weighted by molar-refractivity contribution is 5.80. The molecule has 2 atom stereocenters. The van der Waals surface area contributed by atoms with Gasteiger partial charge in [0.05, 0.1) is 12.7 Å². The number of hydrogen-bond acceptors (Lipinski definition) is 3. The van der Waals surface area contributed by atoms with E-state index in [4.69, 9.17) is 0 Å². The Kier molecular flexibility index (Phi) is 4.62. The van der Waals surface area contributed by atoms with Gasteiger partial charge < -0.3 is 9.80 Å². The molecule has 18 heavy (non-hydrogen) atoms. The molecule has 0 aromatic carbocycles. The van der Waals surface area contributed by atoms with Gasteiger partial charge >= 0.3 is 0 Å². The van der Waals surface area contributed by atoms with Crippen LogP contribution in [-0.4, -0.2) is 54.1 Å². The van der Waals surface area contributed by atoms with Gasteiger partial charge in [0.25, 0.3) is 0 Å². The van der Waals surface area contributed by atoms with Crippen molar-refractivity contribution in [1.29, 1.82) is 0 Å². The summed E-state index contributed by atoms with van der Waals surface area (Å²) < 4.78 is 0. The van der Waals surface area contributed by atoms with E-state index in [2.05, 4.69) is 35.9 Å². The molecule has 2 saturated heterocycles. The van der Waals surface area contributed by atoms with E-state index in [1.54, 1.807) is 0 Å². The maximum absolute atomic E-state index is 11.9. The maximum atomic E-state index is 11.9. The lowest BCUT2D eigenvalue weighted by molar-refractivity contribution is -0.128. The normalized spacial score (nSPS) is 29.8. The molecular formula is C14H27N3O. The number of nitrogens with one attached hydrogen (secondary N) is 1. The Labute approximate surface area is 111 Å². The number of carbonyl (C=O) groups is 1. The fourth-order valence-electron chi connectivity index (χ4n) is 3.11. The third-order valence-electron chi connectivity index (χ3n) is 4.25. The highest BCUT2D eigenvalue weighted by Gasteiger charge is 2.33. The van der Waals surface area contributed by atoms with Crippen LogP contribution in [0, 0.1) is 5.92 Å². The Bertz CT molecular complexity index is 293. The average Bonchev–Trinajstić information content (AvgIpc) is 2.91. The average molecular weight is 253 g/mol. The van der Waals surface area contributed by atoms with Crippen molar-refractivity contribution in [3.63, 3.8) is 0 Å². The highest BCUT2D eigenvalue weighted by atomic mass is 16.2. The number of hydrogen-bond donors (Lipinski definition) is 1. The van der Waals surface area contributed by atoms with Gasteiger partial charge in [-0.2, -0.15) is 0 Å². The van der Waals surface area contributed by atoms with Crippen LogP contribution in [0.15, 0.2) is 0 Å². The molecule has 0 spiro atoms. The van der Waals surface area contributed by atoms with Gasteiger partial charge in [-0.25, -0.2) is 0 Å². The van der Waals surface area contributed by atoms with Crippen molar-refractivity contribution in [1.82, 2.24) is 15.1 Å². The molecule has 2 heterocycles. The molecule has 0 aromatic heterocycles. The van der Waals surface area contributed by atoms with E-state index in [9.17, 15) is 4.79 Å². The lowest BCUT2D eigenvalue weighted by Crippen LogP contribution is -2.41. The van der Waals surface area contributed by atoms with Crippen LogP contribution in [0.2, 0.25) is 0 Å². The SMILES string of the molecule is CCCC1NCC(=O)N1CC1CCN(C(C)C)C1. The molecule has 4 heteroatoms. The van der Waals surface area contributed by atoms with Crippen LogP contribution >= 0.6 is 0 Å². The van der Waals surface area contributed by atoms with Gasteiger partial charge in [0.1, 0.15) is 0 Å². The summed E-state index contributed by atoms with van der Waals surface area (Å²) in [6, 6.07) is 0.633. The molecule has 0 bridgehead atoms. The van der Waals surface area contributed by atoms with Crippen LogP contribution < -0.4 is 5.32 Å². The zero-order valence-corrected chi connectivity index (χ0v) is 12.0. The minimum atomic E-state index is 0.288. The van der Waals surface area contributed by atoms with E-state index >= 15 is 0 Å². The molecule has 2 unspecified atom stereocenters. The molecule has 2 aliphatic heterocycles. The van der Waals surface area contributed by atoms with Crippen LogP contribution in [0.4, 0.5) is 0 Å². The standard InChI is InChI=1S/C14H27N3O/c1-4-5-13-15-8-14(18)17(13)10-12-6-7-16(9-12)11(2)3/h11-13,15H,4-10H2,1-3H3. The number of nitrogens with zero attached hydrogens (tertiary/aromatic N) is 2. The van der Waals surface area contributed by atoms with E-state index in [1.165, 1.54) is 13.0 Å². The second-order valence-electron chi connectivity index (χ2n) is 5.97. The summed E-state index contributed by atoms with van der Waals surface area (Å²) in [4.78, 5) is 16.5. The Hall–Kier alpha value is -0.610. The predicted molar refractivity (Wildman–Crippen MR) is 73.2 cm³/mol. The molecule has 1 N–H and O–H groups in total. The lowest BCUT2D eigenvalue weighted by atomic mass is 10.1. The van der Waals surface area contributed by atoms with Gasteiger partial charge in [-0.3, -0.25) is 10.1 Å². The van der Waals surface area contributed by atoms with Crippen LogP contribution in [0.5, 0.6) is 0 Å². The molecule has 2 fully saturated rings. The van der Waals surface area contributed by atoms with Crippen LogP contribution in [0.3, 0.4) is 0 Å². The monoisotopic (exact) mass is 253 g/mol. The van der Waals surface area contributed by atoms with Crippen molar-refractivity contribution < 1.29 is 4.79 Å². The third kappa shape index (κ3) is 3.04. The van der Waals surface area contributed by atoms with Crippen molar-refractivity contribution in [3.8, 4) is 0 Å². The molecule has 0 radical (unpaired) electrons. The van der Waals surface area contributed by atoms with Crippen LogP contribution in [0.1, 0.15) is 40.0 Å². The molecule has 1 amide bonds. The van der Waals surface area contributed by atoms with Gasteiger partial charge in [-0.1, -0.05) is 13.3 Å². The Morgan fingerprint density at radius 2 is 2.22 bits per heavy atom. The van der Waals surface area contributed by atoms with Crippen molar-refractivity contribution >= 4 is 5.91 Å². The highest BCUT2D eigenvalue weighted by Crippen LogP contribution is 2.22. The summed E-state index contributed by atoms with van der Waals surface area (Å²) >= 11 is 0. The van der Waals surface area contributed by atoms with Gasteiger partial charge in [0.2, 0.25) is 5.91 Å². The molecular weight excluding hydrogens is 226 g/mol. The molecule has 0 aromatic rings. The van der Waals surface area contributed by atoms with E-state index in [1.807, 2.05) is 0 Å². The van der Waals surface area contributed by atoms with E-state index in [-0.39, 0.29) is 12.1 Å². The molecule has 2 rings (SSSR count). The summed E-state index contributed by atoms with van der Waals surface area (Å²) in [5.74, 6) is 0.951. The molecule has 0 aliphatic carbocycles. The second kappa shape index (κ2) is 6.02. The fraction of sp³-hybridized carbons (Fsp3) is 0.929. The zero-order chi connectivity index (χ0) is 13.1. The van der Waals surface area contributed by atoms with Crippen molar-refractivity contribution in [2.75, 3.05) is 26.2 Å². The summed E-state index contributed by atoms with van der Waals surface area (Å²) in [6.45, 7) is 10.5. The van der Waals surface area contributed by atoms with E-state index in [0.29, 0.717) is 18.5 Å². The van der Waals surface area contributed by atoms with Gasteiger partial charge in [0.15, 0.2) is 0 Å². The number of likely N-dealkylation sites (tertiary alicyclic amines) is 1. The first-order chi connectivity index (χ1) is 8.61. The first-order valence-electron chi connectivity index (χ1n) is 7.38. The molecule has 0 saturated carbocycles. The van der Waals surface area contributed by atoms with Crippen LogP contribution in [-0.2, 0) is 4.79 Å². The van der Waals surface area contributed by atoms with E-state index < -0.39 is 0 Å². The Balaban J connectivity index is 1.86. The first-order valence-corrected chi connectivity index (χ1v) is 7.38. The predicted octanol–water partition coefficient (Wildman–Crippen LogP) is 1.27. The minimum Gasteiger partial charge on any atom is -0.326 e. The lowest BCUT2D eigenvalue weighted by Gasteiger charge is -2.27. The fourth-order valence-corrected chi connectivity index (χ4v) is 3.11. The second-order valence-corrected chi connectivity index (χ2v) is 5.97. The molecule has 2 aliphatic rings. The summed E-state index contributed by atoms with van der Waals surface area (Å²) in [6.07, 6.45) is 3.73. The quantitative estimate of drug-likeness (QED) is 0.801. The maximum Gasteiger partial charge on any atom is 0.237 e. The number of carbonyl (C=O) groups excluding carboxylic acids is 1. The Morgan fingerprint density at radius 3 is 2.83 bits per heavy atom. The zero-order valence-electron chi connectivity index (χ0n) is 12.0. The largest absolute Gasteiger partial charge is 0.326 e.